The third kappa shape index (κ3) is 4.39. The van der Waals surface area contributed by atoms with E-state index in [1.165, 1.54) is 0 Å². The van der Waals surface area contributed by atoms with Crippen LogP contribution < -0.4 is 9.47 Å². The lowest BCUT2D eigenvalue weighted by atomic mass is 10.2. The van der Waals surface area contributed by atoms with Crippen molar-refractivity contribution in [1.29, 1.82) is 0 Å². The van der Waals surface area contributed by atoms with Crippen LogP contribution in [-0.4, -0.2) is 23.0 Å². The summed E-state index contributed by atoms with van der Waals surface area (Å²) < 4.78 is 13.4. The van der Waals surface area contributed by atoms with Gasteiger partial charge in [0.2, 0.25) is 0 Å². The molecule has 2 aromatic rings. The average molecular weight is 309 g/mol. The van der Waals surface area contributed by atoms with Gasteiger partial charge < -0.3 is 9.47 Å². The summed E-state index contributed by atoms with van der Waals surface area (Å²) in [4.78, 5) is 0. The molecule has 0 amide bonds. The highest BCUT2D eigenvalue weighted by atomic mass is 35.5. The lowest BCUT2D eigenvalue weighted by Crippen LogP contribution is -2.07. The molecule has 114 valence electrons. The Balaban J connectivity index is 1.98. The third-order valence-corrected chi connectivity index (χ3v) is 3.48. The molecular formula is C16H21ClN2O2. The van der Waals surface area contributed by atoms with Gasteiger partial charge in [-0.15, -0.1) is 11.6 Å². The second-order valence-electron chi connectivity index (χ2n) is 4.80. The van der Waals surface area contributed by atoms with Gasteiger partial charge in [-0.1, -0.05) is 13.0 Å². The molecule has 0 N–H and O–H groups in total. The number of alkyl halides is 1. The van der Waals surface area contributed by atoms with Crippen LogP contribution in [0.15, 0.2) is 30.5 Å². The number of rotatable bonds is 8. The Morgan fingerprint density at radius 1 is 1.19 bits per heavy atom. The van der Waals surface area contributed by atoms with E-state index in [4.69, 9.17) is 21.1 Å². The van der Waals surface area contributed by atoms with Crippen LogP contribution in [0.2, 0.25) is 0 Å². The fourth-order valence-electron chi connectivity index (χ4n) is 2.00. The molecule has 21 heavy (non-hydrogen) atoms. The molecule has 0 atom stereocenters. The van der Waals surface area contributed by atoms with E-state index >= 15 is 0 Å². The van der Waals surface area contributed by atoms with Gasteiger partial charge in [0, 0.05) is 37.0 Å². The molecule has 1 heterocycles. The van der Waals surface area contributed by atoms with Gasteiger partial charge in [-0.3, -0.25) is 4.68 Å². The molecule has 1 aromatic heterocycles. The van der Waals surface area contributed by atoms with Gasteiger partial charge in [-0.05, 0) is 18.6 Å². The van der Waals surface area contributed by atoms with Crippen molar-refractivity contribution >= 4 is 11.6 Å². The molecule has 4 nitrogen and oxygen atoms in total. The first-order valence-corrected chi connectivity index (χ1v) is 7.69. The number of nitrogens with zero attached hydrogens (tertiary/aromatic N) is 2. The summed E-state index contributed by atoms with van der Waals surface area (Å²) in [6, 6.07) is 7.79. The van der Waals surface area contributed by atoms with Crippen LogP contribution in [0.3, 0.4) is 0 Å². The number of benzene rings is 1. The van der Waals surface area contributed by atoms with Gasteiger partial charge in [0.15, 0.2) is 0 Å². The molecule has 0 saturated carbocycles. The zero-order valence-corrected chi connectivity index (χ0v) is 13.3. The second kappa shape index (κ2) is 7.93. The normalized spacial score (nSPS) is 10.6. The smallest absolute Gasteiger partial charge is 0.127 e. The second-order valence-corrected chi connectivity index (χ2v) is 5.06. The third-order valence-electron chi connectivity index (χ3n) is 3.19. The molecule has 0 spiro atoms. The molecule has 0 bridgehead atoms. The fraction of sp³-hybridized carbons (Fsp3) is 0.438. The van der Waals surface area contributed by atoms with Crippen LogP contribution >= 0.6 is 11.6 Å². The lowest BCUT2D eigenvalue weighted by molar-refractivity contribution is 0.300. The Bertz CT molecular complexity index is 569. The molecular weight excluding hydrogens is 288 g/mol. The molecule has 5 heteroatoms. The molecule has 0 aliphatic rings. The standard InChI is InChI=1S/C16H21ClN2O2/c1-3-9-20-15-5-4-13(12-17)16(11-15)21-10-7-14-6-8-18-19(14)2/h4-6,8,11H,3,7,9-10,12H2,1-2H3. The average Bonchev–Trinajstić information content (AvgIpc) is 2.91. The molecule has 0 fully saturated rings. The highest BCUT2D eigenvalue weighted by Crippen LogP contribution is 2.26. The predicted molar refractivity (Wildman–Crippen MR) is 84.2 cm³/mol. The van der Waals surface area contributed by atoms with E-state index < -0.39 is 0 Å². The summed E-state index contributed by atoms with van der Waals surface area (Å²) in [5.74, 6) is 2.04. The van der Waals surface area contributed by atoms with Gasteiger partial charge in [0.05, 0.1) is 19.1 Å². The van der Waals surface area contributed by atoms with Crippen LogP contribution in [0.5, 0.6) is 11.5 Å². The maximum atomic E-state index is 5.96. The van der Waals surface area contributed by atoms with Crippen molar-refractivity contribution in [3.63, 3.8) is 0 Å². The number of aromatic nitrogens is 2. The van der Waals surface area contributed by atoms with E-state index in [1.807, 2.05) is 36.0 Å². The van der Waals surface area contributed by atoms with Crippen molar-refractivity contribution in [2.45, 2.75) is 25.6 Å². The Morgan fingerprint density at radius 2 is 2.05 bits per heavy atom. The lowest BCUT2D eigenvalue weighted by Gasteiger charge is -2.12. The van der Waals surface area contributed by atoms with E-state index in [2.05, 4.69) is 12.0 Å². The van der Waals surface area contributed by atoms with Gasteiger partial charge >= 0.3 is 0 Å². The monoisotopic (exact) mass is 308 g/mol. The Hall–Kier alpha value is -1.68. The molecule has 0 radical (unpaired) electrons. The van der Waals surface area contributed by atoms with Crippen LogP contribution in [0.25, 0.3) is 0 Å². The highest BCUT2D eigenvalue weighted by molar-refractivity contribution is 6.17. The molecule has 2 rings (SSSR count). The Labute approximate surface area is 130 Å². The quantitative estimate of drug-likeness (QED) is 0.700. The minimum absolute atomic E-state index is 0.426. The molecule has 0 unspecified atom stereocenters. The number of hydrogen-bond acceptors (Lipinski definition) is 3. The minimum atomic E-state index is 0.426. The minimum Gasteiger partial charge on any atom is -0.493 e. The van der Waals surface area contributed by atoms with Crippen LogP contribution in [0, 0.1) is 0 Å². The Morgan fingerprint density at radius 3 is 2.71 bits per heavy atom. The van der Waals surface area contributed by atoms with Gasteiger partial charge in [-0.25, -0.2) is 0 Å². The first-order chi connectivity index (χ1) is 10.2. The van der Waals surface area contributed by atoms with E-state index in [9.17, 15) is 0 Å². The summed E-state index contributed by atoms with van der Waals surface area (Å²) in [6.07, 6.45) is 3.57. The molecule has 1 aromatic carbocycles. The number of hydrogen-bond donors (Lipinski definition) is 0. The van der Waals surface area contributed by atoms with Crippen LogP contribution in [-0.2, 0) is 19.3 Å². The van der Waals surface area contributed by atoms with Crippen molar-refractivity contribution in [3.8, 4) is 11.5 Å². The molecule has 0 aliphatic heterocycles. The number of ether oxygens (including phenoxy) is 2. The van der Waals surface area contributed by atoms with Crippen molar-refractivity contribution in [2.75, 3.05) is 13.2 Å². The molecule has 0 saturated heterocycles. The first kappa shape index (κ1) is 15.7. The van der Waals surface area contributed by atoms with Gasteiger partial charge in [-0.2, -0.15) is 5.10 Å². The summed E-state index contributed by atoms with van der Waals surface area (Å²) in [7, 11) is 1.93. The van der Waals surface area contributed by atoms with Crippen LogP contribution in [0.1, 0.15) is 24.6 Å². The van der Waals surface area contributed by atoms with E-state index in [1.54, 1.807) is 6.20 Å². The number of aryl methyl sites for hydroxylation is 1. The van der Waals surface area contributed by atoms with Gasteiger partial charge in [0.1, 0.15) is 11.5 Å². The Kier molecular flexibility index (Phi) is 5.93. The van der Waals surface area contributed by atoms with Gasteiger partial charge in [0.25, 0.3) is 0 Å². The zero-order chi connectivity index (χ0) is 15.1. The van der Waals surface area contributed by atoms with E-state index in [-0.39, 0.29) is 0 Å². The highest BCUT2D eigenvalue weighted by Gasteiger charge is 2.06. The maximum Gasteiger partial charge on any atom is 0.127 e. The van der Waals surface area contributed by atoms with Crippen molar-refractivity contribution in [3.05, 3.63) is 41.7 Å². The SMILES string of the molecule is CCCOc1ccc(CCl)c(OCCc2ccnn2C)c1. The fourth-order valence-corrected chi connectivity index (χ4v) is 2.22. The summed E-state index contributed by atoms with van der Waals surface area (Å²) in [5, 5.41) is 4.14. The largest absolute Gasteiger partial charge is 0.493 e. The first-order valence-electron chi connectivity index (χ1n) is 7.16. The predicted octanol–water partition coefficient (Wildman–Crippen LogP) is 3.57. The maximum absolute atomic E-state index is 5.96. The summed E-state index contributed by atoms with van der Waals surface area (Å²) in [6.45, 7) is 3.37. The van der Waals surface area contributed by atoms with E-state index in [0.717, 1.165) is 35.6 Å². The van der Waals surface area contributed by atoms with Crippen LogP contribution in [0.4, 0.5) is 0 Å². The summed E-state index contributed by atoms with van der Waals surface area (Å²) >= 11 is 5.96. The van der Waals surface area contributed by atoms with Crippen molar-refractivity contribution in [1.82, 2.24) is 9.78 Å². The number of halogens is 1. The zero-order valence-electron chi connectivity index (χ0n) is 12.5. The molecule has 0 aliphatic carbocycles. The topological polar surface area (TPSA) is 36.3 Å². The summed E-state index contributed by atoms with van der Waals surface area (Å²) in [5.41, 5.74) is 2.12. The van der Waals surface area contributed by atoms with Crippen molar-refractivity contribution < 1.29 is 9.47 Å². The van der Waals surface area contributed by atoms with Crippen molar-refractivity contribution in [2.24, 2.45) is 7.05 Å². The van der Waals surface area contributed by atoms with E-state index in [0.29, 0.717) is 19.1 Å².